The van der Waals surface area contributed by atoms with Crippen molar-refractivity contribution in [3.05, 3.63) is 113 Å². The van der Waals surface area contributed by atoms with Gasteiger partial charge < -0.3 is 9.80 Å². The summed E-state index contributed by atoms with van der Waals surface area (Å²) < 4.78 is 0. The lowest BCUT2D eigenvalue weighted by atomic mass is 9.70. The maximum atomic E-state index is 4.94. The Kier molecular flexibility index (Phi) is 3.94. The standard InChI is InChI=1S/C32H27N3/c1-4-12-27-23(9-1)24-10-2-5-13-28(24)32(27)29-14-6-3-11-25(29)26-16-15-22(21-30(26)32)35-19-8-7-18-34-20-17-33-31(34)35/h1-6,9-16,21H,7-8,17-20H2. The molecule has 2 aliphatic carbocycles. The van der Waals surface area contributed by atoms with Gasteiger partial charge in [-0.15, -0.1) is 0 Å². The van der Waals surface area contributed by atoms with Gasteiger partial charge in [-0.1, -0.05) is 78.9 Å². The van der Waals surface area contributed by atoms with Crippen LogP contribution in [0.4, 0.5) is 5.69 Å². The lowest BCUT2D eigenvalue weighted by Gasteiger charge is -2.32. The molecule has 2 heterocycles. The van der Waals surface area contributed by atoms with Crippen molar-refractivity contribution in [1.82, 2.24) is 4.90 Å². The van der Waals surface area contributed by atoms with Gasteiger partial charge in [0.15, 0.2) is 0 Å². The average Bonchev–Trinajstić information content (AvgIpc) is 3.53. The molecule has 4 aromatic rings. The topological polar surface area (TPSA) is 18.8 Å². The summed E-state index contributed by atoms with van der Waals surface area (Å²) in [5.74, 6) is 1.17. The molecule has 0 bridgehead atoms. The quantitative estimate of drug-likeness (QED) is 0.291. The Morgan fingerprint density at radius 2 is 1.14 bits per heavy atom. The summed E-state index contributed by atoms with van der Waals surface area (Å²) in [6.07, 6.45) is 2.43. The van der Waals surface area contributed by atoms with E-state index in [1.54, 1.807) is 0 Å². The molecule has 4 aromatic carbocycles. The number of anilines is 1. The summed E-state index contributed by atoms with van der Waals surface area (Å²) in [6, 6.07) is 34.3. The zero-order valence-corrected chi connectivity index (χ0v) is 19.7. The summed E-state index contributed by atoms with van der Waals surface area (Å²) in [5, 5.41) is 0. The highest BCUT2D eigenvalue weighted by Crippen LogP contribution is 2.63. The van der Waals surface area contributed by atoms with Crippen molar-refractivity contribution in [3.8, 4) is 22.3 Å². The van der Waals surface area contributed by atoms with Gasteiger partial charge in [0.1, 0.15) is 0 Å². The van der Waals surface area contributed by atoms with Crippen LogP contribution in [0.15, 0.2) is 96.0 Å². The molecular formula is C32H27N3. The van der Waals surface area contributed by atoms with Crippen LogP contribution in [0.3, 0.4) is 0 Å². The van der Waals surface area contributed by atoms with E-state index in [4.69, 9.17) is 4.99 Å². The molecule has 0 atom stereocenters. The number of benzene rings is 4. The molecule has 170 valence electrons. The summed E-state index contributed by atoms with van der Waals surface area (Å²) in [7, 11) is 0. The van der Waals surface area contributed by atoms with Crippen molar-refractivity contribution in [1.29, 1.82) is 0 Å². The summed E-state index contributed by atoms with van der Waals surface area (Å²) in [4.78, 5) is 9.89. The maximum absolute atomic E-state index is 4.94. The highest BCUT2D eigenvalue weighted by molar-refractivity contribution is 6.00. The SMILES string of the molecule is c1ccc2c(c1)-c1ccccc1C21c2ccccc2-c2ccc(N3CCCCN4CCN=C43)cc21. The lowest BCUT2D eigenvalue weighted by molar-refractivity contribution is 0.451. The number of hydrogen-bond donors (Lipinski definition) is 0. The van der Waals surface area contributed by atoms with Crippen molar-refractivity contribution < 1.29 is 0 Å². The smallest absolute Gasteiger partial charge is 0.201 e. The van der Waals surface area contributed by atoms with Gasteiger partial charge in [0.2, 0.25) is 5.96 Å². The lowest BCUT2D eigenvalue weighted by Crippen LogP contribution is -2.40. The van der Waals surface area contributed by atoms with Crippen LogP contribution < -0.4 is 4.90 Å². The van der Waals surface area contributed by atoms with E-state index < -0.39 is 0 Å². The Labute approximate surface area is 206 Å². The van der Waals surface area contributed by atoms with Crippen LogP contribution >= 0.6 is 0 Å². The molecule has 8 rings (SSSR count). The van der Waals surface area contributed by atoms with E-state index in [9.17, 15) is 0 Å². The van der Waals surface area contributed by atoms with E-state index in [1.807, 2.05) is 0 Å². The Morgan fingerprint density at radius 1 is 0.571 bits per heavy atom. The number of nitrogens with zero attached hydrogens (tertiary/aromatic N) is 3. The fourth-order valence-electron chi connectivity index (χ4n) is 7.11. The van der Waals surface area contributed by atoms with E-state index in [1.165, 1.54) is 69.0 Å². The normalized spacial score (nSPS) is 18.5. The van der Waals surface area contributed by atoms with Crippen LogP contribution in [0, 0.1) is 0 Å². The molecule has 0 saturated carbocycles. The van der Waals surface area contributed by atoms with Crippen LogP contribution in [0.1, 0.15) is 35.1 Å². The first-order chi connectivity index (χ1) is 17.4. The van der Waals surface area contributed by atoms with Gasteiger partial charge in [-0.05, 0) is 69.5 Å². The third-order valence-corrected chi connectivity index (χ3v) is 8.50. The molecule has 3 nitrogen and oxygen atoms in total. The first-order valence-electron chi connectivity index (χ1n) is 12.9. The third kappa shape index (κ3) is 2.43. The maximum Gasteiger partial charge on any atom is 0.201 e. The molecule has 3 heteroatoms. The van der Waals surface area contributed by atoms with Gasteiger partial charge >= 0.3 is 0 Å². The van der Waals surface area contributed by atoms with Crippen LogP contribution in [0.5, 0.6) is 0 Å². The average molecular weight is 454 g/mol. The number of aliphatic imine (C=N–C) groups is 1. The molecular weight excluding hydrogens is 426 g/mol. The first kappa shape index (κ1) is 19.5. The van der Waals surface area contributed by atoms with Gasteiger partial charge in [0.25, 0.3) is 0 Å². The largest absolute Gasteiger partial charge is 0.341 e. The summed E-state index contributed by atoms with van der Waals surface area (Å²) in [6.45, 7) is 4.11. The second-order valence-corrected chi connectivity index (χ2v) is 10.1. The van der Waals surface area contributed by atoms with Crippen molar-refractivity contribution >= 4 is 11.6 Å². The van der Waals surface area contributed by atoms with E-state index in [2.05, 4.69) is 101 Å². The zero-order valence-electron chi connectivity index (χ0n) is 19.7. The number of fused-ring (bicyclic) bond motifs is 11. The van der Waals surface area contributed by atoms with Gasteiger partial charge in [-0.2, -0.15) is 0 Å². The van der Waals surface area contributed by atoms with Crippen LogP contribution in [0.25, 0.3) is 22.3 Å². The highest BCUT2D eigenvalue weighted by Gasteiger charge is 2.51. The second-order valence-electron chi connectivity index (χ2n) is 10.1. The molecule has 0 aromatic heterocycles. The van der Waals surface area contributed by atoms with Gasteiger partial charge in [0.05, 0.1) is 12.0 Å². The monoisotopic (exact) mass is 453 g/mol. The van der Waals surface area contributed by atoms with E-state index in [0.717, 1.165) is 26.2 Å². The number of guanidine groups is 1. The molecule has 0 amide bonds. The second kappa shape index (κ2) is 7.08. The molecule has 0 N–H and O–H groups in total. The predicted molar refractivity (Wildman–Crippen MR) is 143 cm³/mol. The van der Waals surface area contributed by atoms with Crippen LogP contribution in [-0.2, 0) is 5.41 Å². The predicted octanol–water partition coefficient (Wildman–Crippen LogP) is 6.30. The highest BCUT2D eigenvalue weighted by atomic mass is 15.4. The van der Waals surface area contributed by atoms with E-state index in [0.29, 0.717) is 0 Å². The zero-order chi connectivity index (χ0) is 23.0. The van der Waals surface area contributed by atoms with Crippen LogP contribution in [-0.4, -0.2) is 37.0 Å². The molecule has 1 fully saturated rings. The van der Waals surface area contributed by atoms with Gasteiger partial charge in [-0.25, -0.2) is 0 Å². The van der Waals surface area contributed by atoms with Gasteiger partial charge in [-0.3, -0.25) is 4.99 Å². The molecule has 4 aliphatic rings. The Morgan fingerprint density at radius 3 is 1.80 bits per heavy atom. The third-order valence-electron chi connectivity index (χ3n) is 8.50. The minimum absolute atomic E-state index is 0.280. The number of hydrogen-bond acceptors (Lipinski definition) is 3. The van der Waals surface area contributed by atoms with Crippen molar-refractivity contribution in [2.45, 2.75) is 18.3 Å². The fourth-order valence-corrected chi connectivity index (χ4v) is 7.11. The fraction of sp³-hybridized carbons (Fsp3) is 0.219. The molecule has 1 spiro atoms. The summed E-state index contributed by atoms with van der Waals surface area (Å²) in [5.41, 5.74) is 12.0. The van der Waals surface area contributed by atoms with Gasteiger partial charge in [0, 0.05) is 25.3 Å². The molecule has 35 heavy (non-hydrogen) atoms. The van der Waals surface area contributed by atoms with E-state index >= 15 is 0 Å². The first-order valence-corrected chi connectivity index (χ1v) is 12.9. The Hall–Kier alpha value is -3.85. The summed E-state index contributed by atoms with van der Waals surface area (Å²) >= 11 is 0. The van der Waals surface area contributed by atoms with Crippen LogP contribution in [0.2, 0.25) is 0 Å². The molecule has 0 unspecified atom stereocenters. The van der Waals surface area contributed by atoms with Crippen molar-refractivity contribution in [2.24, 2.45) is 4.99 Å². The molecule has 0 radical (unpaired) electrons. The molecule has 1 saturated heterocycles. The van der Waals surface area contributed by atoms with Crippen molar-refractivity contribution in [2.75, 3.05) is 31.1 Å². The Balaban J connectivity index is 1.43. The Bertz CT molecular complexity index is 1470. The van der Waals surface area contributed by atoms with Crippen molar-refractivity contribution in [3.63, 3.8) is 0 Å². The minimum atomic E-state index is -0.280. The minimum Gasteiger partial charge on any atom is -0.341 e. The van der Waals surface area contributed by atoms with E-state index in [-0.39, 0.29) is 5.41 Å². The molecule has 2 aliphatic heterocycles. The number of rotatable bonds is 1.